The van der Waals surface area contributed by atoms with Gasteiger partial charge in [0.15, 0.2) is 0 Å². The molecule has 37 heavy (non-hydrogen) atoms. The third-order valence-electron chi connectivity index (χ3n) is 5.83. The first-order valence-corrected chi connectivity index (χ1v) is 14.6. The van der Waals surface area contributed by atoms with Crippen LogP contribution in [-0.2, 0) is 26.2 Å². The van der Waals surface area contributed by atoms with E-state index in [1.165, 1.54) is 4.31 Å². The fraction of sp³-hybridized carbons (Fsp3) is 0.481. The Kier molecular flexibility index (Phi) is 11.7. The summed E-state index contributed by atoms with van der Waals surface area (Å²) in [5.74, 6) is 0.558. The Hall–Kier alpha value is -2.78. The number of sulfonamides is 1. The predicted octanol–water partition coefficient (Wildman–Crippen LogP) is 4.47. The largest absolute Gasteiger partial charge is 0.497 e. The van der Waals surface area contributed by atoms with E-state index >= 15 is 0 Å². The van der Waals surface area contributed by atoms with Crippen LogP contribution in [0.3, 0.4) is 0 Å². The highest BCUT2D eigenvalue weighted by molar-refractivity contribution is 7.92. The SMILES string of the molecule is CC[C@H](C(=O)NCC(C)C)N(Cc1ccc(OC)cc1)C(=O)CCCN(c1cccc(Cl)c1)S(C)(=O)=O. The average molecular weight is 552 g/mol. The van der Waals surface area contributed by atoms with Gasteiger partial charge in [-0.3, -0.25) is 13.9 Å². The second-order valence-corrected chi connectivity index (χ2v) is 11.7. The van der Waals surface area contributed by atoms with Gasteiger partial charge in [0.25, 0.3) is 0 Å². The number of halogens is 1. The Morgan fingerprint density at radius 2 is 1.78 bits per heavy atom. The number of carbonyl (C=O) groups excluding carboxylic acids is 2. The number of ether oxygens (including phenoxy) is 1. The van der Waals surface area contributed by atoms with Crippen molar-refractivity contribution in [1.29, 1.82) is 0 Å². The molecule has 10 heteroatoms. The van der Waals surface area contributed by atoms with E-state index < -0.39 is 16.1 Å². The summed E-state index contributed by atoms with van der Waals surface area (Å²) >= 11 is 6.06. The van der Waals surface area contributed by atoms with Gasteiger partial charge in [0.1, 0.15) is 11.8 Å². The summed E-state index contributed by atoms with van der Waals surface area (Å²) < 4.78 is 31.3. The first-order valence-electron chi connectivity index (χ1n) is 12.4. The molecule has 2 rings (SSSR count). The molecule has 0 radical (unpaired) electrons. The van der Waals surface area contributed by atoms with Crippen molar-refractivity contribution in [2.45, 2.75) is 52.6 Å². The van der Waals surface area contributed by atoms with Crippen LogP contribution in [0.15, 0.2) is 48.5 Å². The molecule has 2 amide bonds. The average Bonchev–Trinajstić information content (AvgIpc) is 2.84. The number of nitrogens with zero attached hydrogens (tertiary/aromatic N) is 2. The molecule has 0 aromatic heterocycles. The standard InChI is InChI=1S/C27H38ClN3O5S/c1-6-25(27(33)29-18-20(2)3)30(19-21-12-14-24(36-4)15-13-21)26(32)11-8-16-31(37(5,34)35)23-10-7-9-22(28)17-23/h7,9-10,12-15,17,20,25H,6,8,11,16,18-19H2,1-5H3,(H,29,33)/t25-/m1/s1. The number of benzene rings is 2. The number of carbonyl (C=O) groups is 2. The van der Waals surface area contributed by atoms with Crippen LogP contribution in [0.5, 0.6) is 5.75 Å². The van der Waals surface area contributed by atoms with E-state index in [9.17, 15) is 18.0 Å². The van der Waals surface area contributed by atoms with Gasteiger partial charge in [0, 0.05) is 31.1 Å². The Labute approximate surface area is 226 Å². The topological polar surface area (TPSA) is 96.0 Å². The number of nitrogens with one attached hydrogen (secondary N) is 1. The first kappa shape index (κ1) is 30.4. The van der Waals surface area contributed by atoms with Crippen LogP contribution in [-0.4, -0.2) is 57.6 Å². The lowest BCUT2D eigenvalue weighted by Gasteiger charge is -2.31. The van der Waals surface area contributed by atoms with Gasteiger partial charge in [0.05, 0.1) is 19.1 Å². The maximum Gasteiger partial charge on any atom is 0.242 e. The highest BCUT2D eigenvalue weighted by Gasteiger charge is 2.29. The van der Waals surface area contributed by atoms with E-state index in [0.717, 1.165) is 11.8 Å². The molecular weight excluding hydrogens is 514 g/mol. The molecule has 0 heterocycles. The van der Waals surface area contributed by atoms with E-state index in [1.54, 1.807) is 36.3 Å². The van der Waals surface area contributed by atoms with E-state index in [1.807, 2.05) is 45.0 Å². The Balaban J connectivity index is 2.21. The number of amides is 2. The molecule has 0 bridgehead atoms. The van der Waals surface area contributed by atoms with Crippen LogP contribution in [0.4, 0.5) is 5.69 Å². The third kappa shape index (κ3) is 9.55. The van der Waals surface area contributed by atoms with Gasteiger partial charge in [-0.25, -0.2) is 8.42 Å². The molecule has 1 atom stereocenters. The lowest BCUT2D eigenvalue weighted by atomic mass is 10.1. The summed E-state index contributed by atoms with van der Waals surface area (Å²) in [5.41, 5.74) is 1.30. The second kappa shape index (κ2) is 14.2. The molecular formula is C27H38ClN3O5S. The maximum atomic E-state index is 13.5. The van der Waals surface area contributed by atoms with Gasteiger partial charge >= 0.3 is 0 Å². The Bertz CT molecular complexity index is 1140. The van der Waals surface area contributed by atoms with Crippen LogP contribution in [0.25, 0.3) is 0 Å². The summed E-state index contributed by atoms with van der Waals surface area (Å²) in [4.78, 5) is 28.1. The number of anilines is 1. The van der Waals surface area contributed by atoms with Crippen molar-refractivity contribution < 1.29 is 22.7 Å². The maximum absolute atomic E-state index is 13.5. The monoisotopic (exact) mass is 551 g/mol. The molecule has 0 spiro atoms. The molecule has 0 fully saturated rings. The van der Waals surface area contributed by atoms with Crippen LogP contribution in [0, 0.1) is 5.92 Å². The van der Waals surface area contributed by atoms with E-state index in [2.05, 4.69) is 5.32 Å². The van der Waals surface area contributed by atoms with Gasteiger partial charge < -0.3 is 15.0 Å². The second-order valence-electron chi connectivity index (χ2n) is 9.35. The summed E-state index contributed by atoms with van der Waals surface area (Å²) in [5, 5.41) is 3.36. The van der Waals surface area contributed by atoms with Crippen LogP contribution in [0.1, 0.15) is 45.6 Å². The number of hydrogen-bond acceptors (Lipinski definition) is 5. The minimum atomic E-state index is -3.58. The molecule has 0 saturated carbocycles. The zero-order chi connectivity index (χ0) is 27.6. The van der Waals surface area contributed by atoms with Gasteiger partial charge in [-0.2, -0.15) is 0 Å². The quantitative estimate of drug-likeness (QED) is 0.373. The Morgan fingerprint density at radius 1 is 1.11 bits per heavy atom. The molecule has 0 aliphatic rings. The van der Waals surface area contributed by atoms with Crippen LogP contribution in [0.2, 0.25) is 5.02 Å². The third-order valence-corrected chi connectivity index (χ3v) is 7.26. The van der Waals surface area contributed by atoms with Crippen LogP contribution >= 0.6 is 11.6 Å². The Morgan fingerprint density at radius 3 is 2.32 bits per heavy atom. The van der Waals surface area contributed by atoms with Crippen molar-refractivity contribution in [1.82, 2.24) is 10.2 Å². The highest BCUT2D eigenvalue weighted by Crippen LogP contribution is 2.23. The molecule has 2 aromatic carbocycles. The normalized spacial score (nSPS) is 12.2. The van der Waals surface area contributed by atoms with E-state index in [-0.39, 0.29) is 43.7 Å². The number of hydrogen-bond donors (Lipinski definition) is 1. The highest BCUT2D eigenvalue weighted by atomic mass is 35.5. The molecule has 204 valence electrons. The fourth-order valence-electron chi connectivity index (χ4n) is 3.90. The summed E-state index contributed by atoms with van der Waals surface area (Å²) in [6, 6.07) is 13.3. The van der Waals surface area contributed by atoms with E-state index in [4.69, 9.17) is 16.3 Å². The zero-order valence-corrected chi connectivity index (χ0v) is 23.8. The van der Waals surface area contributed by atoms with Crippen LogP contribution < -0.4 is 14.4 Å². The summed E-state index contributed by atoms with van der Waals surface area (Å²) in [7, 11) is -2.00. The lowest BCUT2D eigenvalue weighted by molar-refractivity contribution is -0.141. The minimum absolute atomic E-state index is 0.0801. The first-order chi connectivity index (χ1) is 17.5. The van der Waals surface area contributed by atoms with Crippen molar-refractivity contribution in [3.8, 4) is 5.75 Å². The van der Waals surface area contributed by atoms with Crippen molar-refractivity contribution in [2.75, 3.05) is 30.8 Å². The van der Waals surface area contributed by atoms with Gasteiger partial charge in [0.2, 0.25) is 21.8 Å². The number of methoxy groups -OCH3 is 1. The fourth-order valence-corrected chi connectivity index (χ4v) is 5.05. The minimum Gasteiger partial charge on any atom is -0.497 e. The smallest absolute Gasteiger partial charge is 0.242 e. The molecule has 0 saturated heterocycles. The molecule has 2 aromatic rings. The number of rotatable bonds is 14. The summed E-state index contributed by atoms with van der Waals surface area (Å²) in [6.45, 7) is 6.77. The molecule has 1 N–H and O–H groups in total. The van der Waals surface area contributed by atoms with Crippen molar-refractivity contribution in [3.05, 3.63) is 59.1 Å². The lowest BCUT2D eigenvalue weighted by Crippen LogP contribution is -2.49. The van der Waals surface area contributed by atoms with Gasteiger partial charge in [-0.05, 0) is 54.7 Å². The zero-order valence-electron chi connectivity index (χ0n) is 22.2. The van der Waals surface area contributed by atoms with Crippen molar-refractivity contribution in [3.63, 3.8) is 0 Å². The van der Waals surface area contributed by atoms with Gasteiger partial charge in [-0.1, -0.05) is 50.6 Å². The van der Waals surface area contributed by atoms with Crippen molar-refractivity contribution in [2.24, 2.45) is 5.92 Å². The summed E-state index contributed by atoms with van der Waals surface area (Å²) in [6.07, 6.45) is 1.93. The molecule has 0 unspecified atom stereocenters. The van der Waals surface area contributed by atoms with Gasteiger partial charge in [-0.15, -0.1) is 0 Å². The molecule has 0 aliphatic carbocycles. The van der Waals surface area contributed by atoms with E-state index in [0.29, 0.717) is 29.4 Å². The molecule has 8 nitrogen and oxygen atoms in total. The molecule has 0 aliphatic heterocycles. The predicted molar refractivity (Wildman–Crippen MR) is 148 cm³/mol. The van der Waals surface area contributed by atoms with Crippen molar-refractivity contribution >= 4 is 39.1 Å².